The van der Waals surface area contributed by atoms with Gasteiger partial charge in [0.05, 0.1) is 0 Å². The van der Waals surface area contributed by atoms with Crippen LogP contribution in [0.15, 0.2) is 4.99 Å². The quantitative estimate of drug-likeness (QED) is 0.838. The number of rotatable bonds is 3. The van der Waals surface area contributed by atoms with Crippen molar-refractivity contribution in [2.24, 2.45) is 22.6 Å². The molecule has 1 fully saturated rings. The van der Waals surface area contributed by atoms with Gasteiger partial charge in [0, 0.05) is 6.54 Å². The molecular formula is C14H25N3O. The molecule has 0 radical (unpaired) electrons. The molecule has 2 N–H and O–H groups in total. The van der Waals surface area contributed by atoms with E-state index in [1.54, 1.807) is 0 Å². The van der Waals surface area contributed by atoms with E-state index in [2.05, 4.69) is 25.8 Å². The van der Waals surface area contributed by atoms with Gasteiger partial charge >= 0.3 is 6.03 Å². The van der Waals surface area contributed by atoms with E-state index in [9.17, 15) is 4.79 Å². The van der Waals surface area contributed by atoms with Crippen molar-refractivity contribution in [3.63, 3.8) is 0 Å². The largest absolute Gasteiger partial charge is 0.385 e. The lowest BCUT2D eigenvalue weighted by atomic mass is 9.73. The first-order valence-corrected chi connectivity index (χ1v) is 7.16. The number of hydrogen-bond acceptors (Lipinski definition) is 2. The average molecular weight is 251 g/mol. The smallest absolute Gasteiger partial charge is 0.346 e. The van der Waals surface area contributed by atoms with Gasteiger partial charge in [0.1, 0.15) is 11.4 Å². The Balaban J connectivity index is 2.26. The molecule has 1 saturated carbocycles. The number of carbonyl (C=O) groups is 1. The fourth-order valence-electron chi connectivity index (χ4n) is 3.40. The van der Waals surface area contributed by atoms with Gasteiger partial charge < -0.3 is 10.6 Å². The molecule has 2 atom stereocenters. The maximum atomic E-state index is 12.0. The minimum Gasteiger partial charge on any atom is -0.385 e. The average Bonchev–Trinajstić information content (AvgIpc) is 2.54. The summed E-state index contributed by atoms with van der Waals surface area (Å²) < 4.78 is 0. The normalized spacial score (nSPS) is 32.4. The van der Waals surface area contributed by atoms with Crippen LogP contribution in [0.25, 0.3) is 0 Å². The van der Waals surface area contributed by atoms with Crippen LogP contribution < -0.4 is 5.73 Å². The summed E-state index contributed by atoms with van der Waals surface area (Å²) >= 11 is 0. The van der Waals surface area contributed by atoms with Crippen LogP contribution in [0.2, 0.25) is 0 Å². The summed E-state index contributed by atoms with van der Waals surface area (Å²) in [4.78, 5) is 18.0. The molecule has 4 heteroatoms. The van der Waals surface area contributed by atoms with Crippen molar-refractivity contribution < 1.29 is 4.79 Å². The van der Waals surface area contributed by atoms with E-state index in [1.165, 1.54) is 12.8 Å². The third-order valence-corrected chi connectivity index (χ3v) is 4.39. The lowest BCUT2D eigenvalue weighted by molar-refractivity contribution is 0.110. The zero-order valence-electron chi connectivity index (χ0n) is 11.8. The monoisotopic (exact) mass is 251 g/mol. The van der Waals surface area contributed by atoms with Crippen molar-refractivity contribution in [1.29, 1.82) is 0 Å². The lowest BCUT2D eigenvalue weighted by Crippen LogP contribution is -2.57. The van der Waals surface area contributed by atoms with Crippen LogP contribution in [0.4, 0.5) is 4.79 Å². The Labute approximate surface area is 110 Å². The second-order valence-electron chi connectivity index (χ2n) is 6.19. The molecule has 4 nitrogen and oxygen atoms in total. The predicted molar refractivity (Wildman–Crippen MR) is 73.5 cm³/mol. The van der Waals surface area contributed by atoms with Gasteiger partial charge in [-0.3, -0.25) is 0 Å². The highest BCUT2D eigenvalue weighted by atomic mass is 16.2. The molecule has 0 aromatic heterocycles. The first kappa shape index (κ1) is 13.4. The fraction of sp³-hybridized carbons (Fsp3) is 0.857. The van der Waals surface area contributed by atoms with Crippen molar-refractivity contribution in [2.45, 2.75) is 58.4 Å². The van der Waals surface area contributed by atoms with Crippen LogP contribution in [-0.4, -0.2) is 28.9 Å². The molecule has 0 bridgehead atoms. The summed E-state index contributed by atoms with van der Waals surface area (Å²) in [5.41, 5.74) is 5.84. The molecule has 1 aliphatic carbocycles. The van der Waals surface area contributed by atoms with Gasteiger partial charge in [0.25, 0.3) is 0 Å². The lowest BCUT2D eigenvalue weighted by Gasteiger charge is -2.44. The minimum absolute atomic E-state index is 0.127. The van der Waals surface area contributed by atoms with E-state index >= 15 is 0 Å². The number of urea groups is 1. The van der Waals surface area contributed by atoms with Crippen LogP contribution in [0.1, 0.15) is 52.9 Å². The van der Waals surface area contributed by atoms with E-state index in [4.69, 9.17) is 5.73 Å². The molecule has 1 aliphatic heterocycles. The molecule has 18 heavy (non-hydrogen) atoms. The molecule has 2 aliphatic rings. The maximum Gasteiger partial charge on any atom is 0.346 e. The Bertz CT molecular complexity index is 364. The van der Waals surface area contributed by atoms with Gasteiger partial charge in [0.15, 0.2) is 0 Å². The Hall–Kier alpha value is -1.06. The molecule has 2 unspecified atom stereocenters. The Morgan fingerprint density at radius 2 is 2.28 bits per heavy atom. The first-order valence-electron chi connectivity index (χ1n) is 7.16. The number of nitrogens with zero attached hydrogens (tertiary/aromatic N) is 2. The van der Waals surface area contributed by atoms with Gasteiger partial charge in [-0.2, -0.15) is 4.99 Å². The highest BCUT2D eigenvalue weighted by Gasteiger charge is 2.50. The van der Waals surface area contributed by atoms with Crippen molar-refractivity contribution in [2.75, 3.05) is 6.54 Å². The van der Waals surface area contributed by atoms with Gasteiger partial charge in [-0.05, 0) is 24.7 Å². The molecule has 102 valence electrons. The number of aliphatic imine (C=N–C) groups is 1. The van der Waals surface area contributed by atoms with Crippen LogP contribution in [0.5, 0.6) is 0 Å². The SMILES string of the molecule is CCC1CCCC2(C1)C(N)=NC(=O)N2CC(C)C. The third kappa shape index (κ3) is 2.13. The zero-order chi connectivity index (χ0) is 13.3. The third-order valence-electron chi connectivity index (χ3n) is 4.39. The standard InChI is InChI=1S/C14H25N3O/c1-4-11-6-5-7-14(8-11)12(15)16-13(18)17(14)9-10(2)3/h10-11H,4-9H2,1-3H3,(H2,15,16,18). The molecule has 1 spiro atoms. The summed E-state index contributed by atoms with van der Waals surface area (Å²) in [5, 5.41) is 0. The topological polar surface area (TPSA) is 58.7 Å². The van der Waals surface area contributed by atoms with E-state index in [1.807, 2.05) is 4.90 Å². The van der Waals surface area contributed by atoms with Crippen LogP contribution >= 0.6 is 0 Å². The van der Waals surface area contributed by atoms with E-state index in [-0.39, 0.29) is 11.6 Å². The highest BCUT2D eigenvalue weighted by molar-refractivity contribution is 6.05. The summed E-state index contributed by atoms with van der Waals surface area (Å²) in [7, 11) is 0. The number of amides is 2. The van der Waals surface area contributed by atoms with Gasteiger partial charge in [0.2, 0.25) is 0 Å². The summed E-state index contributed by atoms with van der Waals surface area (Å²) in [6, 6.07) is -0.127. The van der Waals surface area contributed by atoms with Gasteiger partial charge in [-0.15, -0.1) is 0 Å². The molecule has 2 amide bonds. The minimum atomic E-state index is -0.264. The Morgan fingerprint density at radius 1 is 1.56 bits per heavy atom. The predicted octanol–water partition coefficient (Wildman–Crippen LogP) is 2.77. The van der Waals surface area contributed by atoms with Gasteiger partial charge in [-0.25, -0.2) is 4.79 Å². The number of amidine groups is 1. The molecule has 0 aromatic carbocycles. The van der Waals surface area contributed by atoms with E-state index < -0.39 is 0 Å². The Morgan fingerprint density at radius 3 is 2.89 bits per heavy atom. The Kier molecular flexibility index (Phi) is 3.64. The summed E-state index contributed by atoms with van der Waals surface area (Å²) in [6.07, 6.45) is 5.55. The highest BCUT2D eigenvalue weighted by Crippen LogP contribution is 2.41. The molecule has 1 heterocycles. The molecule has 0 aromatic rings. The molecular weight excluding hydrogens is 226 g/mol. The van der Waals surface area contributed by atoms with Crippen LogP contribution in [-0.2, 0) is 0 Å². The van der Waals surface area contributed by atoms with Gasteiger partial charge in [-0.1, -0.05) is 40.0 Å². The van der Waals surface area contributed by atoms with Crippen molar-refractivity contribution >= 4 is 11.9 Å². The van der Waals surface area contributed by atoms with Crippen molar-refractivity contribution in [1.82, 2.24) is 4.90 Å². The van der Waals surface area contributed by atoms with Crippen molar-refractivity contribution in [3.8, 4) is 0 Å². The fourth-order valence-corrected chi connectivity index (χ4v) is 3.40. The van der Waals surface area contributed by atoms with E-state index in [0.717, 1.165) is 25.8 Å². The molecule has 0 saturated heterocycles. The number of hydrogen-bond donors (Lipinski definition) is 1. The second kappa shape index (κ2) is 4.90. The van der Waals surface area contributed by atoms with Crippen LogP contribution in [0.3, 0.4) is 0 Å². The van der Waals surface area contributed by atoms with Crippen molar-refractivity contribution in [3.05, 3.63) is 0 Å². The number of nitrogens with two attached hydrogens (primary N) is 1. The van der Waals surface area contributed by atoms with Crippen LogP contribution in [0, 0.1) is 11.8 Å². The zero-order valence-corrected chi connectivity index (χ0v) is 11.8. The summed E-state index contributed by atoms with van der Waals surface area (Å²) in [5.74, 6) is 1.69. The maximum absolute atomic E-state index is 12.0. The second-order valence-corrected chi connectivity index (χ2v) is 6.19. The summed E-state index contributed by atoms with van der Waals surface area (Å²) in [6.45, 7) is 7.26. The first-order chi connectivity index (χ1) is 8.49. The van der Waals surface area contributed by atoms with E-state index in [0.29, 0.717) is 17.7 Å². The molecule has 2 rings (SSSR count). The number of carbonyl (C=O) groups excluding carboxylic acids is 1.